The zero-order valence-electron chi connectivity index (χ0n) is 13.3. The molecule has 1 aliphatic carbocycles. The third kappa shape index (κ3) is 3.13. The van der Waals surface area contributed by atoms with E-state index < -0.39 is 0 Å². The lowest BCUT2D eigenvalue weighted by Crippen LogP contribution is -2.42. The average Bonchev–Trinajstić information content (AvgIpc) is 3.07. The Kier molecular flexibility index (Phi) is 4.03. The molecular formula is C18H26N2O. The molecule has 3 heteroatoms. The van der Waals surface area contributed by atoms with E-state index in [4.69, 9.17) is 0 Å². The lowest BCUT2D eigenvalue weighted by molar-refractivity contribution is -0.130. The van der Waals surface area contributed by atoms with Crippen LogP contribution < -0.4 is 5.32 Å². The van der Waals surface area contributed by atoms with E-state index in [1.54, 1.807) is 0 Å². The molecule has 3 nitrogen and oxygen atoms in total. The number of nitrogens with zero attached hydrogens (tertiary/aromatic N) is 1. The Bertz CT molecular complexity index is 499. The lowest BCUT2D eigenvalue weighted by Gasteiger charge is -2.27. The average molecular weight is 286 g/mol. The summed E-state index contributed by atoms with van der Waals surface area (Å²) in [5.41, 5.74) is 1.23. The number of nitrogens with one attached hydrogen (secondary N) is 1. The summed E-state index contributed by atoms with van der Waals surface area (Å²) in [5.74, 6) is 2.24. The van der Waals surface area contributed by atoms with Crippen molar-refractivity contribution in [3.05, 3.63) is 35.9 Å². The highest BCUT2D eigenvalue weighted by atomic mass is 16.2. The highest BCUT2D eigenvalue weighted by Crippen LogP contribution is 2.39. The maximum absolute atomic E-state index is 12.8. The predicted molar refractivity (Wildman–Crippen MR) is 84.7 cm³/mol. The van der Waals surface area contributed by atoms with Gasteiger partial charge in [0.25, 0.3) is 0 Å². The second-order valence-electron chi connectivity index (χ2n) is 7.06. The first-order chi connectivity index (χ1) is 10.1. The first-order valence-corrected chi connectivity index (χ1v) is 8.16. The van der Waals surface area contributed by atoms with E-state index in [0.29, 0.717) is 11.8 Å². The molecule has 1 saturated carbocycles. The van der Waals surface area contributed by atoms with Gasteiger partial charge < -0.3 is 4.90 Å². The summed E-state index contributed by atoms with van der Waals surface area (Å²) in [5, 5.41) is 3.56. The first kappa shape index (κ1) is 14.6. The molecule has 1 heterocycles. The third-order valence-corrected chi connectivity index (χ3v) is 4.91. The summed E-state index contributed by atoms with van der Waals surface area (Å²) in [7, 11) is 0. The van der Waals surface area contributed by atoms with Crippen LogP contribution in [0.5, 0.6) is 0 Å². The Morgan fingerprint density at radius 3 is 2.52 bits per heavy atom. The van der Waals surface area contributed by atoms with E-state index in [1.165, 1.54) is 12.0 Å². The maximum atomic E-state index is 12.8. The second kappa shape index (κ2) is 5.80. The van der Waals surface area contributed by atoms with Gasteiger partial charge in [-0.2, -0.15) is 0 Å². The van der Waals surface area contributed by atoms with Crippen molar-refractivity contribution in [3.63, 3.8) is 0 Å². The molecule has 1 aliphatic heterocycles. The van der Waals surface area contributed by atoms with Crippen LogP contribution in [0.4, 0.5) is 0 Å². The Balaban J connectivity index is 1.70. The highest BCUT2D eigenvalue weighted by molar-refractivity contribution is 5.84. The standard InChI is InChI=1S/C18H26N2O/c1-12(2)17-19-16(10-14-7-5-4-6-8-14)18(21)20(17)11-15-9-13(15)3/h4-8,12-13,15-17,19H,9-11H2,1-3H3. The number of rotatable bonds is 5. The van der Waals surface area contributed by atoms with Crippen LogP contribution in [-0.4, -0.2) is 29.6 Å². The van der Waals surface area contributed by atoms with E-state index in [1.807, 2.05) is 18.2 Å². The van der Waals surface area contributed by atoms with Gasteiger partial charge in [0.2, 0.25) is 5.91 Å². The van der Waals surface area contributed by atoms with Gasteiger partial charge in [0.1, 0.15) is 0 Å². The molecular weight excluding hydrogens is 260 g/mol. The maximum Gasteiger partial charge on any atom is 0.241 e. The molecule has 0 spiro atoms. The normalized spacial score (nSPS) is 32.0. The molecule has 2 fully saturated rings. The van der Waals surface area contributed by atoms with E-state index in [0.717, 1.165) is 18.9 Å². The van der Waals surface area contributed by atoms with Crippen LogP contribution in [0.25, 0.3) is 0 Å². The van der Waals surface area contributed by atoms with E-state index in [2.05, 4.69) is 43.1 Å². The molecule has 1 saturated heterocycles. The molecule has 4 unspecified atom stereocenters. The lowest BCUT2D eigenvalue weighted by atomic mass is 10.1. The van der Waals surface area contributed by atoms with Crippen molar-refractivity contribution in [2.45, 2.75) is 45.8 Å². The van der Waals surface area contributed by atoms with E-state index in [9.17, 15) is 4.79 Å². The van der Waals surface area contributed by atoms with Crippen LogP contribution in [0.1, 0.15) is 32.8 Å². The number of amides is 1. The summed E-state index contributed by atoms with van der Waals surface area (Å²) in [6.45, 7) is 7.60. The molecule has 1 amide bonds. The van der Waals surface area contributed by atoms with Gasteiger partial charge in [0.15, 0.2) is 0 Å². The number of hydrogen-bond acceptors (Lipinski definition) is 2. The monoisotopic (exact) mass is 286 g/mol. The van der Waals surface area contributed by atoms with Crippen LogP contribution in [0.15, 0.2) is 30.3 Å². The van der Waals surface area contributed by atoms with Gasteiger partial charge in [-0.3, -0.25) is 10.1 Å². The highest BCUT2D eigenvalue weighted by Gasteiger charge is 2.44. The zero-order valence-corrected chi connectivity index (χ0v) is 13.3. The molecule has 0 radical (unpaired) electrons. The third-order valence-electron chi connectivity index (χ3n) is 4.91. The van der Waals surface area contributed by atoms with Gasteiger partial charge >= 0.3 is 0 Å². The second-order valence-corrected chi connectivity index (χ2v) is 7.06. The van der Waals surface area contributed by atoms with Crippen LogP contribution >= 0.6 is 0 Å². The molecule has 114 valence electrons. The minimum atomic E-state index is -0.0612. The molecule has 3 rings (SSSR count). The predicted octanol–water partition coefficient (Wildman–Crippen LogP) is 2.67. The van der Waals surface area contributed by atoms with Crippen molar-refractivity contribution >= 4 is 5.91 Å². The molecule has 21 heavy (non-hydrogen) atoms. The Hall–Kier alpha value is -1.35. The number of benzene rings is 1. The Morgan fingerprint density at radius 2 is 1.95 bits per heavy atom. The Morgan fingerprint density at radius 1 is 1.29 bits per heavy atom. The summed E-state index contributed by atoms with van der Waals surface area (Å²) < 4.78 is 0. The number of hydrogen-bond donors (Lipinski definition) is 1. The molecule has 0 aromatic heterocycles. The first-order valence-electron chi connectivity index (χ1n) is 8.16. The minimum Gasteiger partial charge on any atom is -0.325 e. The fraction of sp³-hybridized carbons (Fsp3) is 0.611. The molecule has 2 aliphatic rings. The molecule has 4 atom stereocenters. The van der Waals surface area contributed by atoms with Crippen molar-refractivity contribution in [2.24, 2.45) is 17.8 Å². The van der Waals surface area contributed by atoms with Gasteiger partial charge in [0.05, 0.1) is 12.2 Å². The quantitative estimate of drug-likeness (QED) is 0.902. The molecule has 1 aromatic carbocycles. The van der Waals surface area contributed by atoms with E-state index >= 15 is 0 Å². The number of carbonyl (C=O) groups is 1. The van der Waals surface area contributed by atoms with Crippen molar-refractivity contribution in [1.82, 2.24) is 10.2 Å². The SMILES string of the molecule is CC(C)C1NC(Cc2ccccc2)C(=O)N1CC1CC1C. The van der Waals surface area contributed by atoms with Crippen LogP contribution in [-0.2, 0) is 11.2 Å². The fourth-order valence-corrected chi connectivity index (χ4v) is 3.36. The zero-order chi connectivity index (χ0) is 15.0. The van der Waals surface area contributed by atoms with Crippen LogP contribution in [0, 0.1) is 17.8 Å². The Labute approximate surface area is 127 Å². The number of carbonyl (C=O) groups excluding carboxylic acids is 1. The van der Waals surface area contributed by atoms with Crippen LogP contribution in [0.2, 0.25) is 0 Å². The summed E-state index contributed by atoms with van der Waals surface area (Å²) >= 11 is 0. The van der Waals surface area contributed by atoms with Gasteiger partial charge in [-0.05, 0) is 36.2 Å². The topological polar surface area (TPSA) is 32.3 Å². The summed E-state index contributed by atoms with van der Waals surface area (Å²) in [4.78, 5) is 14.9. The van der Waals surface area contributed by atoms with Crippen LogP contribution in [0.3, 0.4) is 0 Å². The summed E-state index contributed by atoms with van der Waals surface area (Å²) in [6.07, 6.45) is 2.26. The largest absolute Gasteiger partial charge is 0.325 e. The molecule has 1 N–H and O–H groups in total. The van der Waals surface area contributed by atoms with Crippen molar-refractivity contribution in [1.29, 1.82) is 0 Å². The van der Waals surface area contributed by atoms with Gasteiger partial charge in [-0.25, -0.2) is 0 Å². The smallest absolute Gasteiger partial charge is 0.241 e. The van der Waals surface area contributed by atoms with Gasteiger partial charge in [-0.15, -0.1) is 0 Å². The molecule has 0 bridgehead atoms. The van der Waals surface area contributed by atoms with Crippen molar-refractivity contribution < 1.29 is 4.79 Å². The summed E-state index contributed by atoms with van der Waals surface area (Å²) in [6, 6.07) is 10.2. The fourth-order valence-electron chi connectivity index (χ4n) is 3.36. The minimum absolute atomic E-state index is 0.0612. The van der Waals surface area contributed by atoms with Crippen molar-refractivity contribution in [2.75, 3.05) is 6.54 Å². The van der Waals surface area contributed by atoms with E-state index in [-0.39, 0.29) is 18.1 Å². The van der Waals surface area contributed by atoms with Crippen molar-refractivity contribution in [3.8, 4) is 0 Å². The van der Waals surface area contributed by atoms with Gasteiger partial charge in [0, 0.05) is 6.54 Å². The van der Waals surface area contributed by atoms with Gasteiger partial charge in [-0.1, -0.05) is 51.1 Å². The molecule has 1 aromatic rings.